The Balaban J connectivity index is 2.15. The van der Waals surface area contributed by atoms with E-state index in [1.165, 1.54) is 0 Å². The van der Waals surface area contributed by atoms with Crippen LogP contribution >= 0.6 is 11.6 Å². The van der Waals surface area contributed by atoms with Gasteiger partial charge in [-0.15, -0.1) is 0 Å². The summed E-state index contributed by atoms with van der Waals surface area (Å²) in [5.41, 5.74) is 1.32. The van der Waals surface area contributed by atoms with Crippen molar-refractivity contribution >= 4 is 22.5 Å². The van der Waals surface area contributed by atoms with Gasteiger partial charge in [-0.05, 0) is 43.5 Å². The van der Waals surface area contributed by atoms with E-state index >= 15 is 0 Å². The van der Waals surface area contributed by atoms with Crippen LogP contribution in [0, 0.1) is 5.92 Å². The fourth-order valence-electron chi connectivity index (χ4n) is 3.11. The van der Waals surface area contributed by atoms with E-state index < -0.39 is 0 Å². The number of para-hydroxylation sites is 2. The molecule has 4 nitrogen and oxygen atoms in total. The first-order valence-electron chi connectivity index (χ1n) is 9.09. The van der Waals surface area contributed by atoms with Crippen LogP contribution in [0.2, 0.25) is 5.02 Å². The number of hydrogen-bond acceptors (Lipinski definition) is 2. The number of rotatable bonds is 6. The summed E-state index contributed by atoms with van der Waals surface area (Å²) >= 11 is 6.41. The Bertz CT molecular complexity index is 965. The van der Waals surface area contributed by atoms with Crippen LogP contribution in [-0.2, 0) is 0 Å². The molecule has 3 aromatic rings. The fraction of sp³-hybridized carbons (Fsp3) is 0.333. The van der Waals surface area contributed by atoms with Gasteiger partial charge in [-0.25, -0.2) is 4.98 Å². The Hall–Kier alpha value is -2.17. The maximum Gasteiger partial charge on any atom is 0.266 e. The molecule has 0 aliphatic heterocycles. The molecule has 0 aliphatic carbocycles. The first-order chi connectivity index (χ1) is 12.5. The number of aromatic nitrogens is 2. The molecule has 26 heavy (non-hydrogen) atoms. The highest BCUT2D eigenvalue weighted by molar-refractivity contribution is 6.32. The Labute approximate surface area is 158 Å². The van der Waals surface area contributed by atoms with Gasteiger partial charge in [0.1, 0.15) is 6.04 Å². The second kappa shape index (κ2) is 8.02. The van der Waals surface area contributed by atoms with Crippen molar-refractivity contribution in [3.63, 3.8) is 0 Å². The molecular weight excluding hydrogens is 346 g/mol. The summed E-state index contributed by atoms with van der Waals surface area (Å²) < 4.78 is 1.67. The van der Waals surface area contributed by atoms with Gasteiger partial charge in [0, 0.05) is 0 Å². The van der Waals surface area contributed by atoms with Crippen molar-refractivity contribution in [2.75, 3.05) is 6.54 Å². The molecule has 5 heteroatoms. The maximum absolute atomic E-state index is 13.2. The Morgan fingerprint density at radius 3 is 2.50 bits per heavy atom. The highest BCUT2D eigenvalue weighted by atomic mass is 35.5. The summed E-state index contributed by atoms with van der Waals surface area (Å²) in [7, 11) is 0. The van der Waals surface area contributed by atoms with Gasteiger partial charge in [-0.1, -0.05) is 49.7 Å². The van der Waals surface area contributed by atoms with Crippen molar-refractivity contribution in [2.45, 2.75) is 33.2 Å². The third kappa shape index (κ3) is 3.81. The lowest BCUT2D eigenvalue weighted by Gasteiger charge is -2.18. The number of benzene rings is 2. The van der Waals surface area contributed by atoms with Crippen molar-refractivity contribution in [1.82, 2.24) is 9.55 Å². The molecule has 0 spiro atoms. The number of halogens is 1. The highest BCUT2D eigenvalue weighted by Crippen LogP contribution is 2.22. The van der Waals surface area contributed by atoms with Crippen LogP contribution in [-0.4, -0.2) is 16.1 Å². The van der Waals surface area contributed by atoms with Crippen LogP contribution in [0.25, 0.3) is 16.6 Å². The molecule has 0 unspecified atom stereocenters. The molecule has 0 bridgehead atoms. The number of fused-ring (bicyclic) bond motifs is 1. The molecule has 1 aromatic heterocycles. The summed E-state index contributed by atoms with van der Waals surface area (Å²) in [6.07, 6.45) is 1.12. The molecule has 1 atom stereocenters. The largest absolute Gasteiger partial charge is 0.338 e. The molecule has 136 valence electrons. The summed E-state index contributed by atoms with van der Waals surface area (Å²) in [6, 6.07) is 14.9. The molecule has 0 saturated carbocycles. The molecule has 0 aliphatic rings. The van der Waals surface area contributed by atoms with Crippen molar-refractivity contribution < 1.29 is 5.32 Å². The average molecular weight is 371 g/mol. The van der Waals surface area contributed by atoms with Crippen molar-refractivity contribution in [2.24, 2.45) is 5.92 Å². The van der Waals surface area contributed by atoms with Gasteiger partial charge in [0.2, 0.25) is 0 Å². The zero-order chi connectivity index (χ0) is 18.7. The average Bonchev–Trinajstić information content (AvgIpc) is 2.62. The SMILES string of the molecule is CC(C)CC[NH2+][C@H](C)c1nc2ccccc2c(=O)n1-c1ccccc1Cl. The van der Waals surface area contributed by atoms with Gasteiger partial charge in [-0.2, -0.15) is 0 Å². The minimum absolute atomic E-state index is 0.0438. The Kier molecular flexibility index (Phi) is 5.74. The maximum atomic E-state index is 13.2. The number of hydrogen-bond donors (Lipinski definition) is 1. The quantitative estimate of drug-likeness (QED) is 0.719. The number of nitrogens with two attached hydrogens (primary N) is 1. The predicted octanol–water partition coefficient (Wildman–Crippen LogP) is 3.71. The second-order valence-electron chi connectivity index (χ2n) is 7.07. The van der Waals surface area contributed by atoms with Gasteiger partial charge in [0.05, 0.1) is 28.2 Å². The molecule has 0 fully saturated rings. The van der Waals surface area contributed by atoms with Gasteiger partial charge >= 0.3 is 0 Å². The molecular formula is C21H25ClN3O+. The lowest BCUT2D eigenvalue weighted by molar-refractivity contribution is -0.694. The van der Waals surface area contributed by atoms with Crippen LogP contribution in [0.1, 0.15) is 39.1 Å². The van der Waals surface area contributed by atoms with Crippen LogP contribution in [0.4, 0.5) is 0 Å². The van der Waals surface area contributed by atoms with Crippen LogP contribution in [0.3, 0.4) is 0 Å². The third-order valence-corrected chi connectivity index (χ3v) is 4.89. The van der Waals surface area contributed by atoms with Crippen molar-refractivity contribution in [3.05, 3.63) is 69.7 Å². The molecule has 0 amide bonds. The molecule has 0 radical (unpaired) electrons. The Morgan fingerprint density at radius 2 is 1.77 bits per heavy atom. The van der Waals surface area contributed by atoms with Crippen LogP contribution in [0.5, 0.6) is 0 Å². The first kappa shape index (κ1) is 18.6. The van der Waals surface area contributed by atoms with E-state index in [1.54, 1.807) is 10.6 Å². The normalized spacial score (nSPS) is 12.7. The fourth-order valence-corrected chi connectivity index (χ4v) is 3.33. The smallest absolute Gasteiger partial charge is 0.266 e. The minimum atomic E-state index is -0.0807. The van der Waals surface area contributed by atoms with E-state index in [2.05, 4.69) is 26.1 Å². The standard InChI is InChI=1S/C21H24ClN3O/c1-14(2)12-13-23-15(3)20-24-18-10-6-4-8-16(18)21(26)25(20)19-11-7-5-9-17(19)22/h4-11,14-15,23H,12-13H2,1-3H3/p+1/t15-/m1/s1. The van der Waals surface area contributed by atoms with Gasteiger partial charge < -0.3 is 5.32 Å². The summed E-state index contributed by atoms with van der Waals surface area (Å²) in [6.45, 7) is 7.51. The molecule has 1 heterocycles. The summed E-state index contributed by atoms with van der Waals surface area (Å²) in [4.78, 5) is 18.1. The highest BCUT2D eigenvalue weighted by Gasteiger charge is 2.21. The third-order valence-electron chi connectivity index (χ3n) is 4.57. The van der Waals surface area contributed by atoms with Gasteiger partial charge in [0.25, 0.3) is 5.56 Å². The van der Waals surface area contributed by atoms with E-state index in [4.69, 9.17) is 16.6 Å². The number of quaternary nitrogens is 1. The van der Waals surface area contributed by atoms with E-state index in [0.29, 0.717) is 22.0 Å². The zero-order valence-corrected chi connectivity index (χ0v) is 16.2. The summed E-state index contributed by atoms with van der Waals surface area (Å²) in [5, 5.41) is 3.39. The topological polar surface area (TPSA) is 51.5 Å². The first-order valence-corrected chi connectivity index (χ1v) is 9.46. The second-order valence-corrected chi connectivity index (χ2v) is 7.48. The van der Waals surface area contributed by atoms with E-state index in [0.717, 1.165) is 24.3 Å². The van der Waals surface area contributed by atoms with E-state index in [1.807, 2.05) is 42.5 Å². The lowest BCUT2D eigenvalue weighted by atomic mass is 10.1. The molecule has 2 N–H and O–H groups in total. The van der Waals surface area contributed by atoms with Crippen molar-refractivity contribution in [3.8, 4) is 5.69 Å². The Morgan fingerprint density at radius 1 is 1.08 bits per heavy atom. The lowest BCUT2D eigenvalue weighted by Crippen LogP contribution is -2.85. The van der Waals surface area contributed by atoms with Crippen molar-refractivity contribution in [1.29, 1.82) is 0 Å². The van der Waals surface area contributed by atoms with E-state index in [-0.39, 0.29) is 11.6 Å². The minimum Gasteiger partial charge on any atom is -0.338 e. The molecule has 0 saturated heterocycles. The summed E-state index contributed by atoms with van der Waals surface area (Å²) in [5.74, 6) is 1.37. The number of nitrogens with zero attached hydrogens (tertiary/aromatic N) is 2. The predicted molar refractivity (Wildman–Crippen MR) is 107 cm³/mol. The van der Waals surface area contributed by atoms with Gasteiger partial charge in [0.15, 0.2) is 5.82 Å². The molecule has 3 rings (SSSR count). The van der Waals surface area contributed by atoms with Gasteiger partial charge in [-0.3, -0.25) is 9.36 Å². The molecule has 2 aromatic carbocycles. The van der Waals surface area contributed by atoms with E-state index in [9.17, 15) is 4.79 Å². The monoisotopic (exact) mass is 370 g/mol. The zero-order valence-electron chi connectivity index (χ0n) is 15.4. The van der Waals surface area contributed by atoms with Crippen LogP contribution < -0.4 is 10.9 Å². The van der Waals surface area contributed by atoms with Crippen LogP contribution in [0.15, 0.2) is 53.3 Å².